The monoisotopic (exact) mass is 266 g/mol. The Balaban J connectivity index is 2.25. The maximum atomic E-state index is 12.8. The lowest BCUT2D eigenvalue weighted by Gasteiger charge is -2.07. The van der Waals surface area contributed by atoms with Crippen LogP contribution in [0.25, 0.3) is 0 Å². The van der Waals surface area contributed by atoms with Gasteiger partial charge in [0.2, 0.25) is 5.88 Å². The molecule has 1 aromatic heterocycles. The van der Waals surface area contributed by atoms with Gasteiger partial charge in [-0.25, -0.2) is 15.2 Å². The maximum absolute atomic E-state index is 12.8. The number of rotatable bonds is 4. The van der Waals surface area contributed by atoms with Crippen molar-refractivity contribution in [3.8, 4) is 11.6 Å². The Kier molecular flexibility index (Phi) is 3.96. The number of thioether (sulfide) groups is 1. The number of ether oxygens (including phenoxy) is 1. The van der Waals surface area contributed by atoms with Gasteiger partial charge in [-0.15, -0.1) is 0 Å². The Labute approximate surface area is 108 Å². The summed E-state index contributed by atoms with van der Waals surface area (Å²) in [6.45, 7) is 0. The number of benzene rings is 1. The molecule has 7 heteroatoms. The van der Waals surface area contributed by atoms with Gasteiger partial charge in [0.25, 0.3) is 0 Å². The van der Waals surface area contributed by atoms with Crippen LogP contribution < -0.4 is 16.0 Å². The number of nitrogens with zero attached hydrogens (tertiary/aromatic N) is 2. The van der Waals surface area contributed by atoms with Gasteiger partial charge in [-0.2, -0.15) is 4.98 Å². The minimum atomic E-state index is -0.320. The summed E-state index contributed by atoms with van der Waals surface area (Å²) >= 11 is 1.37. The lowest BCUT2D eigenvalue weighted by atomic mass is 10.3. The molecule has 0 unspecified atom stereocenters. The molecule has 0 saturated heterocycles. The van der Waals surface area contributed by atoms with E-state index in [9.17, 15) is 4.39 Å². The first-order valence-corrected chi connectivity index (χ1v) is 6.27. The van der Waals surface area contributed by atoms with Gasteiger partial charge in [0.05, 0.1) is 0 Å². The molecule has 2 aromatic rings. The Hall–Kier alpha value is -1.86. The van der Waals surface area contributed by atoms with E-state index < -0.39 is 0 Å². The van der Waals surface area contributed by atoms with Gasteiger partial charge in [-0.1, -0.05) is 11.8 Å². The van der Waals surface area contributed by atoms with Crippen LogP contribution in [0.5, 0.6) is 11.6 Å². The SMILES string of the molecule is CSc1nc(NN)cc(Oc2ccc(F)cc2)n1. The number of hydrazine groups is 1. The smallest absolute Gasteiger partial charge is 0.225 e. The Bertz CT molecular complexity index is 513. The summed E-state index contributed by atoms with van der Waals surface area (Å²) in [5.41, 5.74) is 2.43. The molecule has 0 aliphatic rings. The minimum Gasteiger partial charge on any atom is -0.439 e. The van der Waals surface area contributed by atoms with Crippen molar-refractivity contribution in [1.29, 1.82) is 0 Å². The molecule has 0 aliphatic heterocycles. The molecule has 0 radical (unpaired) electrons. The maximum Gasteiger partial charge on any atom is 0.225 e. The first-order chi connectivity index (χ1) is 8.71. The summed E-state index contributed by atoms with van der Waals surface area (Å²) in [6.07, 6.45) is 1.84. The molecule has 18 heavy (non-hydrogen) atoms. The van der Waals surface area contributed by atoms with Crippen molar-refractivity contribution in [3.05, 3.63) is 36.1 Å². The molecule has 5 nitrogen and oxygen atoms in total. The fourth-order valence-corrected chi connectivity index (χ4v) is 1.62. The zero-order chi connectivity index (χ0) is 13.0. The topological polar surface area (TPSA) is 73.1 Å². The molecule has 0 atom stereocenters. The van der Waals surface area contributed by atoms with Gasteiger partial charge < -0.3 is 10.2 Å². The van der Waals surface area contributed by atoms with Crippen LogP contribution in [-0.4, -0.2) is 16.2 Å². The highest BCUT2D eigenvalue weighted by molar-refractivity contribution is 7.98. The molecule has 1 aromatic carbocycles. The van der Waals surface area contributed by atoms with Gasteiger partial charge in [-0.3, -0.25) is 0 Å². The van der Waals surface area contributed by atoms with E-state index in [2.05, 4.69) is 15.4 Å². The third kappa shape index (κ3) is 3.08. The minimum absolute atomic E-state index is 0.320. The Morgan fingerprint density at radius 3 is 2.61 bits per heavy atom. The summed E-state index contributed by atoms with van der Waals surface area (Å²) in [6, 6.07) is 7.22. The third-order valence-corrected chi connectivity index (χ3v) is 2.60. The van der Waals surface area contributed by atoms with Crippen LogP contribution in [0, 0.1) is 5.82 Å². The second-order valence-electron chi connectivity index (χ2n) is 3.28. The fraction of sp³-hybridized carbons (Fsp3) is 0.0909. The van der Waals surface area contributed by atoms with Crippen molar-refractivity contribution in [2.24, 2.45) is 5.84 Å². The lowest BCUT2D eigenvalue weighted by molar-refractivity contribution is 0.454. The molecule has 0 bridgehead atoms. The van der Waals surface area contributed by atoms with E-state index in [0.717, 1.165) is 0 Å². The predicted molar refractivity (Wildman–Crippen MR) is 68.1 cm³/mol. The largest absolute Gasteiger partial charge is 0.439 e. The first kappa shape index (κ1) is 12.6. The van der Waals surface area contributed by atoms with E-state index in [0.29, 0.717) is 22.6 Å². The molecule has 2 rings (SSSR count). The van der Waals surface area contributed by atoms with Crippen molar-refractivity contribution in [1.82, 2.24) is 9.97 Å². The molecule has 1 heterocycles. The van der Waals surface area contributed by atoms with Crippen LogP contribution in [0.2, 0.25) is 0 Å². The molecule has 94 valence electrons. The van der Waals surface area contributed by atoms with Crippen LogP contribution in [-0.2, 0) is 0 Å². The van der Waals surface area contributed by atoms with Gasteiger partial charge in [0.15, 0.2) is 5.16 Å². The van der Waals surface area contributed by atoms with E-state index in [4.69, 9.17) is 10.6 Å². The van der Waals surface area contributed by atoms with Crippen molar-refractivity contribution in [2.75, 3.05) is 11.7 Å². The first-order valence-electron chi connectivity index (χ1n) is 5.04. The van der Waals surface area contributed by atoms with Crippen molar-refractivity contribution in [2.45, 2.75) is 5.16 Å². The summed E-state index contributed by atoms with van der Waals surface area (Å²) in [4.78, 5) is 8.26. The lowest BCUT2D eigenvalue weighted by Crippen LogP contribution is -2.09. The number of hydrogen-bond acceptors (Lipinski definition) is 6. The number of nitrogens with two attached hydrogens (primary N) is 1. The molecule has 0 spiro atoms. The average Bonchev–Trinajstić information content (AvgIpc) is 2.41. The van der Waals surface area contributed by atoms with Gasteiger partial charge in [0, 0.05) is 6.07 Å². The highest BCUT2D eigenvalue weighted by atomic mass is 32.2. The van der Waals surface area contributed by atoms with Gasteiger partial charge in [-0.05, 0) is 30.5 Å². The molecule has 0 fully saturated rings. The summed E-state index contributed by atoms with van der Waals surface area (Å²) in [5, 5.41) is 0.530. The number of halogens is 1. The standard InChI is InChI=1S/C11H11FN4OS/c1-18-11-14-9(16-13)6-10(15-11)17-8-4-2-7(12)3-5-8/h2-6H,13H2,1H3,(H,14,15,16). The van der Waals surface area contributed by atoms with Crippen LogP contribution in [0.3, 0.4) is 0 Å². The van der Waals surface area contributed by atoms with Gasteiger partial charge >= 0.3 is 0 Å². The quantitative estimate of drug-likeness (QED) is 0.383. The van der Waals surface area contributed by atoms with Crippen LogP contribution in [0.4, 0.5) is 10.2 Å². The Morgan fingerprint density at radius 1 is 1.28 bits per heavy atom. The average molecular weight is 266 g/mol. The van der Waals surface area contributed by atoms with E-state index in [-0.39, 0.29) is 5.82 Å². The second-order valence-corrected chi connectivity index (χ2v) is 4.05. The predicted octanol–water partition coefficient (Wildman–Crippen LogP) is 2.42. The number of nitrogens with one attached hydrogen (secondary N) is 1. The highest BCUT2D eigenvalue weighted by Gasteiger charge is 2.05. The fourth-order valence-electron chi connectivity index (χ4n) is 1.24. The molecular weight excluding hydrogens is 255 g/mol. The third-order valence-electron chi connectivity index (χ3n) is 2.05. The van der Waals surface area contributed by atoms with Crippen LogP contribution in [0.1, 0.15) is 0 Å². The zero-order valence-corrected chi connectivity index (χ0v) is 10.4. The highest BCUT2D eigenvalue weighted by Crippen LogP contribution is 2.23. The number of anilines is 1. The van der Waals surface area contributed by atoms with E-state index in [1.807, 2.05) is 6.26 Å². The number of aromatic nitrogens is 2. The van der Waals surface area contributed by atoms with Crippen molar-refractivity contribution >= 4 is 17.6 Å². The summed E-state index contributed by atoms with van der Waals surface area (Å²) in [7, 11) is 0. The number of hydrogen-bond donors (Lipinski definition) is 2. The molecule has 3 N–H and O–H groups in total. The summed E-state index contributed by atoms with van der Waals surface area (Å²) in [5.74, 6) is 6.26. The van der Waals surface area contributed by atoms with E-state index in [1.54, 1.807) is 6.07 Å². The number of nitrogen functional groups attached to an aromatic ring is 1. The van der Waals surface area contributed by atoms with Crippen molar-refractivity contribution < 1.29 is 9.13 Å². The van der Waals surface area contributed by atoms with Crippen molar-refractivity contribution in [3.63, 3.8) is 0 Å². The van der Waals surface area contributed by atoms with Crippen LogP contribution >= 0.6 is 11.8 Å². The second kappa shape index (κ2) is 5.65. The normalized spacial score (nSPS) is 10.2. The molecule has 0 amide bonds. The Morgan fingerprint density at radius 2 is 2.00 bits per heavy atom. The zero-order valence-electron chi connectivity index (χ0n) is 9.55. The summed E-state index contributed by atoms with van der Waals surface area (Å²) < 4.78 is 18.2. The van der Waals surface area contributed by atoms with Gasteiger partial charge in [0.1, 0.15) is 17.4 Å². The van der Waals surface area contributed by atoms with Crippen LogP contribution in [0.15, 0.2) is 35.5 Å². The molecule has 0 aliphatic carbocycles. The van der Waals surface area contributed by atoms with E-state index >= 15 is 0 Å². The van der Waals surface area contributed by atoms with E-state index in [1.165, 1.54) is 36.0 Å². The molecule has 0 saturated carbocycles. The molecular formula is C11H11FN4OS.